The zero-order valence-corrected chi connectivity index (χ0v) is 25.6. The minimum Gasteiger partial charge on any atom is -0.479 e. The Morgan fingerprint density at radius 2 is 1.67 bits per heavy atom. The average Bonchev–Trinajstić information content (AvgIpc) is 3.44. The van der Waals surface area contributed by atoms with Gasteiger partial charge in [-0.05, 0) is 42.0 Å². The van der Waals surface area contributed by atoms with Crippen molar-refractivity contribution in [1.29, 1.82) is 0 Å². The molecule has 1 N–H and O–H groups in total. The summed E-state index contributed by atoms with van der Waals surface area (Å²) in [4.78, 5) is 19.6. The van der Waals surface area contributed by atoms with Crippen LogP contribution in [0.4, 0.5) is 27.1 Å². The van der Waals surface area contributed by atoms with E-state index in [1.807, 2.05) is 0 Å². The SMILES string of the molecule is COc1nncc2nc(N3CCN(S(=O)(=O)c4ccc(OC(C)(F)F)cc4)C(C(=O)NCc4ccc(OC(F)(F)F)cc4)C3)sc12. The highest BCUT2D eigenvalue weighted by Gasteiger charge is 2.41. The van der Waals surface area contributed by atoms with Gasteiger partial charge in [-0.15, -0.1) is 18.3 Å². The topological polar surface area (TPSA) is 136 Å². The number of thiazole rings is 1. The molecule has 1 saturated heterocycles. The van der Waals surface area contributed by atoms with Crippen LogP contribution in [-0.2, 0) is 21.4 Å². The van der Waals surface area contributed by atoms with Crippen molar-refractivity contribution in [3.8, 4) is 17.4 Å². The molecule has 12 nitrogen and oxygen atoms in total. The van der Waals surface area contributed by atoms with E-state index in [1.54, 1.807) is 4.90 Å². The molecule has 1 unspecified atom stereocenters. The molecule has 2 aromatic heterocycles. The molecule has 0 bridgehead atoms. The Hall–Kier alpha value is -4.36. The number of amides is 1. The highest BCUT2D eigenvalue weighted by atomic mass is 32.2. The van der Waals surface area contributed by atoms with E-state index in [0.717, 1.165) is 40.7 Å². The van der Waals surface area contributed by atoms with E-state index in [2.05, 4.69) is 30.0 Å². The van der Waals surface area contributed by atoms with Crippen LogP contribution in [0.1, 0.15) is 12.5 Å². The lowest BCUT2D eigenvalue weighted by Crippen LogP contribution is -2.60. The van der Waals surface area contributed by atoms with E-state index < -0.39 is 40.2 Å². The zero-order valence-electron chi connectivity index (χ0n) is 24.0. The van der Waals surface area contributed by atoms with Crippen molar-refractivity contribution in [1.82, 2.24) is 24.8 Å². The third kappa shape index (κ3) is 7.71. The molecule has 246 valence electrons. The lowest BCUT2D eigenvalue weighted by Gasteiger charge is -2.39. The first-order valence-corrected chi connectivity index (χ1v) is 15.6. The van der Waals surface area contributed by atoms with Crippen LogP contribution in [0, 0.1) is 0 Å². The summed E-state index contributed by atoms with van der Waals surface area (Å²) in [6.07, 6.45) is -6.91. The molecule has 19 heteroatoms. The van der Waals surface area contributed by atoms with Crippen molar-refractivity contribution < 1.29 is 49.4 Å². The second-order valence-electron chi connectivity index (χ2n) is 9.93. The number of sulfonamides is 1. The number of hydrogen-bond donors (Lipinski definition) is 1. The number of rotatable bonds is 10. The van der Waals surface area contributed by atoms with Gasteiger partial charge < -0.3 is 24.4 Å². The minimum absolute atomic E-state index is 0.129. The monoisotopic (exact) mass is 688 g/mol. The maximum absolute atomic E-state index is 13.8. The number of anilines is 1. The summed E-state index contributed by atoms with van der Waals surface area (Å²) >= 11 is 1.22. The summed E-state index contributed by atoms with van der Waals surface area (Å²) in [5.74, 6) is -1.15. The molecule has 2 aromatic carbocycles. The summed E-state index contributed by atoms with van der Waals surface area (Å²) in [6, 6.07) is 7.88. The molecular formula is C27H25F5N6O6S2. The van der Waals surface area contributed by atoms with Crippen LogP contribution in [0.2, 0.25) is 0 Å². The van der Waals surface area contributed by atoms with Gasteiger partial charge in [-0.2, -0.15) is 18.2 Å². The van der Waals surface area contributed by atoms with Crippen LogP contribution >= 0.6 is 11.3 Å². The normalized spacial score (nSPS) is 16.3. The van der Waals surface area contributed by atoms with Crippen molar-refractivity contribution in [2.45, 2.75) is 36.9 Å². The number of aromatic nitrogens is 3. The van der Waals surface area contributed by atoms with E-state index in [-0.39, 0.29) is 42.7 Å². The fourth-order valence-electron chi connectivity index (χ4n) is 4.59. The van der Waals surface area contributed by atoms with Gasteiger partial charge in [-0.1, -0.05) is 23.5 Å². The van der Waals surface area contributed by atoms with Gasteiger partial charge in [0.1, 0.15) is 27.8 Å². The second kappa shape index (κ2) is 12.8. The van der Waals surface area contributed by atoms with Crippen molar-refractivity contribution in [3.05, 3.63) is 60.3 Å². The van der Waals surface area contributed by atoms with Crippen molar-refractivity contribution in [3.63, 3.8) is 0 Å². The second-order valence-corrected chi connectivity index (χ2v) is 12.8. The first-order chi connectivity index (χ1) is 21.6. The number of carbonyl (C=O) groups is 1. The average molecular weight is 689 g/mol. The Morgan fingerprint density at radius 1 is 1.02 bits per heavy atom. The Morgan fingerprint density at radius 3 is 2.30 bits per heavy atom. The maximum atomic E-state index is 13.8. The lowest BCUT2D eigenvalue weighted by atomic mass is 10.1. The molecule has 1 aliphatic rings. The zero-order chi connectivity index (χ0) is 33.3. The number of piperazine rings is 1. The molecule has 1 atom stereocenters. The molecule has 46 heavy (non-hydrogen) atoms. The largest absolute Gasteiger partial charge is 0.573 e. The maximum Gasteiger partial charge on any atom is 0.573 e. The molecule has 0 spiro atoms. The molecule has 1 amide bonds. The molecule has 4 aromatic rings. The van der Waals surface area contributed by atoms with E-state index in [9.17, 15) is 35.2 Å². The standard InChI is InChI=1S/C27H25F5N6O6S2/c1-26(28,29)43-17-7-9-19(10-8-17)46(40,41)38-12-11-37(25-35-20-14-34-36-24(42-2)22(20)45-25)15-21(38)23(39)33-13-16-3-5-18(6-4-16)44-27(30,31)32/h3-10,14,21H,11-13,15H2,1-2H3,(H,33,39). The Kier molecular flexibility index (Phi) is 9.19. The van der Waals surface area contributed by atoms with Gasteiger partial charge in [-0.25, -0.2) is 13.4 Å². The predicted molar refractivity (Wildman–Crippen MR) is 154 cm³/mol. The smallest absolute Gasteiger partial charge is 0.479 e. The van der Waals surface area contributed by atoms with Gasteiger partial charge in [0.05, 0.1) is 18.2 Å². The number of nitrogens with zero attached hydrogens (tertiary/aromatic N) is 5. The lowest BCUT2D eigenvalue weighted by molar-refractivity contribution is -0.274. The molecule has 3 heterocycles. The first kappa shape index (κ1) is 33.0. The van der Waals surface area contributed by atoms with Crippen molar-refractivity contribution in [2.75, 3.05) is 31.6 Å². The van der Waals surface area contributed by atoms with Crippen LogP contribution < -0.4 is 24.4 Å². The molecule has 0 radical (unpaired) electrons. The van der Waals surface area contributed by atoms with Crippen molar-refractivity contribution in [2.24, 2.45) is 0 Å². The van der Waals surface area contributed by atoms with Gasteiger partial charge in [-0.3, -0.25) is 4.79 Å². The summed E-state index contributed by atoms with van der Waals surface area (Å²) in [5.41, 5.74) is 0.910. The summed E-state index contributed by atoms with van der Waals surface area (Å²) in [7, 11) is -2.91. The van der Waals surface area contributed by atoms with Crippen LogP contribution in [0.5, 0.6) is 17.4 Å². The number of carbonyl (C=O) groups excluding carboxylic acids is 1. The molecular weight excluding hydrogens is 663 g/mol. The van der Waals surface area contributed by atoms with E-state index in [1.165, 1.54) is 36.8 Å². The number of ether oxygens (including phenoxy) is 3. The molecule has 0 aliphatic carbocycles. The fraction of sp³-hybridized carbons (Fsp3) is 0.333. The predicted octanol–water partition coefficient (Wildman–Crippen LogP) is 4.18. The van der Waals surface area contributed by atoms with Gasteiger partial charge in [0.25, 0.3) is 5.88 Å². The third-order valence-electron chi connectivity index (χ3n) is 6.61. The van der Waals surface area contributed by atoms with E-state index in [0.29, 0.717) is 27.8 Å². The first-order valence-electron chi connectivity index (χ1n) is 13.4. The van der Waals surface area contributed by atoms with Gasteiger partial charge in [0.2, 0.25) is 15.9 Å². The van der Waals surface area contributed by atoms with E-state index >= 15 is 0 Å². The fourth-order valence-corrected chi connectivity index (χ4v) is 7.20. The van der Waals surface area contributed by atoms with Gasteiger partial charge >= 0.3 is 12.5 Å². The number of hydrogen-bond acceptors (Lipinski definition) is 11. The van der Waals surface area contributed by atoms with E-state index in [4.69, 9.17) is 4.74 Å². The highest BCUT2D eigenvalue weighted by Crippen LogP contribution is 2.35. The Labute approximate surface area is 262 Å². The van der Waals surface area contributed by atoms with Crippen LogP contribution in [-0.4, -0.2) is 79.1 Å². The molecule has 0 saturated carbocycles. The van der Waals surface area contributed by atoms with Gasteiger partial charge in [0, 0.05) is 33.1 Å². The number of fused-ring (bicyclic) bond motifs is 1. The highest BCUT2D eigenvalue weighted by molar-refractivity contribution is 7.89. The number of alkyl halides is 5. The van der Waals surface area contributed by atoms with Crippen LogP contribution in [0.3, 0.4) is 0 Å². The third-order valence-corrected chi connectivity index (χ3v) is 9.66. The quantitative estimate of drug-likeness (QED) is 0.242. The Balaban J connectivity index is 1.39. The number of methoxy groups -OCH3 is 1. The van der Waals surface area contributed by atoms with Crippen LogP contribution in [0.15, 0.2) is 59.6 Å². The number of halogens is 5. The van der Waals surface area contributed by atoms with Crippen LogP contribution in [0.25, 0.3) is 10.2 Å². The molecule has 1 aliphatic heterocycles. The minimum atomic E-state index is -4.87. The van der Waals surface area contributed by atoms with Gasteiger partial charge in [0.15, 0.2) is 5.13 Å². The molecule has 5 rings (SSSR count). The Bertz CT molecular complexity index is 1800. The number of nitrogens with one attached hydrogen (secondary N) is 1. The number of benzene rings is 2. The summed E-state index contributed by atoms with van der Waals surface area (Å²) in [5, 5.41) is 10.9. The van der Waals surface area contributed by atoms with Crippen molar-refractivity contribution >= 4 is 42.6 Å². The summed E-state index contributed by atoms with van der Waals surface area (Å²) in [6.45, 7) is 0.256. The summed E-state index contributed by atoms with van der Waals surface area (Å²) < 4.78 is 107. The molecule has 1 fully saturated rings.